The molecule has 0 amide bonds. The molecule has 0 aliphatic rings. The summed E-state index contributed by atoms with van der Waals surface area (Å²) in [6.45, 7) is 6.47. The molecule has 2 heterocycles. The largest absolute Gasteiger partial charge is 0.357 e. The number of rotatable bonds is 4. The van der Waals surface area contributed by atoms with Crippen molar-refractivity contribution in [3.8, 4) is 0 Å². The lowest BCUT2D eigenvalue weighted by molar-refractivity contribution is 0.497. The third-order valence-electron chi connectivity index (χ3n) is 3.27. The zero-order chi connectivity index (χ0) is 15.5. The minimum absolute atomic E-state index is 0.339. The first-order chi connectivity index (χ1) is 9.89. The molecule has 0 spiro atoms. The van der Waals surface area contributed by atoms with Crippen LogP contribution in [-0.2, 0) is 11.8 Å². The van der Waals surface area contributed by atoms with E-state index in [4.69, 9.17) is 0 Å². The molecule has 2 rings (SSSR count). The summed E-state index contributed by atoms with van der Waals surface area (Å²) < 4.78 is 14.6. The van der Waals surface area contributed by atoms with Crippen molar-refractivity contribution in [2.45, 2.75) is 32.6 Å². The monoisotopic (exact) mass is 288 g/mol. The quantitative estimate of drug-likeness (QED) is 0.867. The van der Waals surface area contributed by atoms with Crippen molar-refractivity contribution in [3.05, 3.63) is 47.9 Å². The van der Waals surface area contributed by atoms with Gasteiger partial charge in [-0.1, -0.05) is 26.8 Å². The topological polar surface area (TPSA) is 41.9 Å². The SMILES string of the molecule is CN(CCc1ccccn1)c1ncnc(C(C)(C)C)c1F. The van der Waals surface area contributed by atoms with Crippen LogP contribution in [0.3, 0.4) is 0 Å². The smallest absolute Gasteiger partial charge is 0.187 e. The number of aromatic nitrogens is 3. The predicted octanol–water partition coefficient (Wildman–Crippen LogP) is 2.99. The van der Waals surface area contributed by atoms with Gasteiger partial charge in [0.1, 0.15) is 6.33 Å². The minimum Gasteiger partial charge on any atom is -0.357 e. The molecular formula is C16H21FN4. The lowest BCUT2D eigenvalue weighted by Crippen LogP contribution is -2.25. The van der Waals surface area contributed by atoms with Crippen LogP contribution in [0.15, 0.2) is 30.7 Å². The van der Waals surface area contributed by atoms with Crippen LogP contribution in [0.5, 0.6) is 0 Å². The van der Waals surface area contributed by atoms with Crippen LogP contribution in [0.25, 0.3) is 0 Å². The zero-order valence-corrected chi connectivity index (χ0v) is 13.0. The third-order valence-corrected chi connectivity index (χ3v) is 3.27. The standard InChI is InChI=1S/C16H21FN4/c1-16(2,3)14-13(17)15(20-11-19-14)21(4)10-8-12-7-5-6-9-18-12/h5-7,9,11H,8,10H2,1-4H3. The Morgan fingerprint density at radius 2 is 1.90 bits per heavy atom. The van der Waals surface area contributed by atoms with Crippen molar-refractivity contribution >= 4 is 5.82 Å². The van der Waals surface area contributed by atoms with Crippen LogP contribution in [0.2, 0.25) is 0 Å². The van der Waals surface area contributed by atoms with Gasteiger partial charge in [0.15, 0.2) is 11.6 Å². The van der Waals surface area contributed by atoms with E-state index in [0.717, 1.165) is 12.1 Å². The van der Waals surface area contributed by atoms with Gasteiger partial charge in [-0.25, -0.2) is 14.4 Å². The Kier molecular flexibility index (Phi) is 4.50. The third kappa shape index (κ3) is 3.74. The summed E-state index contributed by atoms with van der Waals surface area (Å²) in [5, 5.41) is 0. The number of nitrogens with zero attached hydrogens (tertiary/aromatic N) is 4. The maximum Gasteiger partial charge on any atom is 0.187 e. The number of anilines is 1. The Balaban J connectivity index is 2.14. The first-order valence-electron chi connectivity index (χ1n) is 7.01. The van der Waals surface area contributed by atoms with Gasteiger partial charge in [0, 0.05) is 37.3 Å². The van der Waals surface area contributed by atoms with Crippen LogP contribution < -0.4 is 4.90 Å². The molecule has 0 N–H and O–H groups in total. The van der Waals surface area contributed by atoms with E-state index in [1.807, 2.05) is 46.0 Å². The van der Waals surface area contributed by atoms with Crippen molar-refractivity contribution < 1.29 is 4.39 Å². The van der Waals surface area contributed by atoms with E-state index >= 15 is 0 Å². The molecule has 0 aliphatic heterocycles. The van der Waals surface area contributed by atoms with Crippen LogP contribution in [-0.4, -0.2) is 28.5 Å². The summed E-state index contributed by atoms with van der Waals surface area (Å²) in [6.07, 6.45) is 3.93. The van der Waals surface area contributed by atoms with Gasteiger partial charge in [-0.05, 0) is 12.1 Å². The van der Waals surface area contributed by atoms with E-state index in [0.29, 0.717) is 18.1 Å². The Bertz CT molecular complexity index is 593. The van der Waals surface area contributed by atoms with E-state index in [2.05, 4.69) is 15.0 Å². The Hall–Kier alpha value is -2.04. The van der Waals surface area contributed by atoms with Crippen molar-refractivity contribution in [3.63, 3.8) is 0 Å². The van der Waals surface area contributed by atoms with E-state index < -0.39 is 0 Å². The fourth-order valence-electron chi connectivity index (χ4n) is 2.08. The molecular weight excluding hydrogens is 267 g/mol. The molecule has 0 fully saturated rings. The average Bonchev–Trinajstić information content (AvgIpc) is 2.45. The van der Waals surface area contributed by atoms with Crippen LogP contribution in [0, 0.1) is 5.82 Å². The molecule has 4 nitrogen and oxygen atoms in total. The zero-order valence-electron chi connectivity index (χ0n) is 13.0. The first kappa shape index (κ1) is 15.4. The van der Waals surface area contributed by atoms with Crippen LogP contribution in [0.1, 0.15) is 32.2 Å². The van der Waals surface area contributed by atoms with Gasteiger partial charge in [-0.3, -0.25) is 4.98 Å². The van der Waals surface area contributed by atoms with Crippen molar-refractivity contribution in [1.82, 2.24) is 15.0 Å². The van der Waals surface area contributed by atoms with Crippen molar-refractivity contribution in [2.24, 2.45) is 0 Å². The van der Waals surface area contributed by atoms with Gasteiger partial charge < -0.3 is 4.90 Å². The second kappa shape index (κ2) is 6.16. The number of halogens is 1. The number of hydrogen-bond donors (Lipinski definition) is 0. The molecule has 21 heavy (non-hydrogen) atoms. The summed E-state index contributed by atoms with van der Waals surface area (Å²) in [4.78, 5) is 14.2. The highest BCUT2D eigenvalue weighted by Crippen LogP contribution is 2.26. The predicted molar refractivity (Wildman–Crippen MR) is 81.9 cm³/mol. The summed E-state index contributed by atoms with van der Waals surface area (Å²) in [5.41, 5.74) is 1.08. The molecule has 2 aromatic rings. The highest BCUT2D eigenvalue weighted by atomic mass is 19.1. The minimum atomic E-state index is -0.344. The van der Waals surface area contributed by atoms with Crippen LogP contribution >= 0.6 is 0 Å². The molecule has 2 aromatic heterocycles. The van der Waals surface area contributed by atoms with Crippen molar-refractivity contribution in [1.29, 1.82) is 0 Å². The molecule has 0 atom stereocenters. The van der Waals surface area contributed by atoms with E-state index in [9.17, 15) is 4.39 Å². The highest BCUT2D eigenvalue weighted by Gasteiger charge is 2.24. The summed E-state index contributed by atoms with van der Waals surface area (Å²) in [7, 11) is 1.83. The lowest BCUT2D eigenvalue weighted by atomic mass is 9.91. The molecule has 0 bridgehead atoms. The molecule has 5 heteroatoms. The Morgan fingerprint density at radius 3 is 2.52 bits per heavy atom. The molecule has 0 radical (unpaired) electrons. The highest BCUT2D eigenvalue weighted by molar-refractivity contribution is 5.41. The molecule has 0 saturated heterocycles. The summed E-state index contributed by atoms with van der Waals surface area (Å²) in [5.74, 6) is -0.000577. The Morgan fingerprint density at radius 1 is 1.14 bits per heavy atom. The maximum absolute atomic E-state index is 14.6. The molecule has 0 aromatic carbocycles. The maximum atomic E-state index is 14.6. The van der Waals surface area contributed by atoms with Crippen molar-refractivity contribution in [2.75, 3.05) is 18.5 Å². The molecule has 112 valence electrons. The van der Waals surface area contributed by atoms with E-state index in [-0.39, 0.29) is 11.2 Å². The van der Waals surface area contributed by atoms with Gasteiger partial charge in [0.2, 0.25) is 0 Å². The summed E-state index contributed by atoms with van der Waals surface area (Å²) >= 11 is 0. The van der Waals surface area contributed by atoms with Gasteiger partial charge in [0.25, 0.3) is 0 Å². The van der Waals surface area contributed by atoms with E-state index in [1.54, 1.807) is 11.1 Å². The Labute approximate surface area is 125 Å². The fourth-order valence-corrected chi connectivity index (χ4v) is 2.08. The fraction of sp³-hybridized carbons (Fsp3) is 0.438. The number of hydrogen-bond acceptors (Lipinski definition) is 4. The van der Waals surface area contributed by atoms with Gasteiger partial charge in [-0.2, -0.15) is 0 Å². The lowest BCUT2D eigenvalue weighted by Gasteiger charge is -2.23. The van der Waals surface area contributed by atoms with Gasteiger partial charge >= 0.3 is 0 Å². The average molecular weight is 288 g/mol. The van der Waals surface area contributed by atoms with Gasteiger partial charge in [0.05, 0.1) is 5.69 Å². The van der Waals surface area contributed by atoms with Gasteiger partial charge in [-0.15, -0.1) is 0 Å². The second-order valence-electron chi connectivity index (χ2n) is 6.10. The second-order valence-corrected chi connectivity index (χ2v) is 6.10. The van der Waals surface area contributed by atoms with Crippen LogP contribution in [0.4, 0.5) is 10.2 Å². The molecule has 0 unspecified atom stereocenters. The van der Waals surface area contributed by atoms with E-state index in [1.165, 1.54) is 6.33 Å². The first-order valence-corrected chi connectivity index (χ1v) is 7.01. The normalized spacial score (nSPS) is 11.5. The molecule has 0 aliphatic carbocycles. The number of likely N-dealkylation sites (N-methyl/N-ethyl adjacent to an activating group) is 1. The summed E-state index contributed by atoms with van der Waals surface area (Å²) in [6, 6.07) is 5.79. The number of pyridine rings is 1. The molecule has 0 saturated carbocycles.